The number of nitrogens with one attached hydrogen (secondary N) is 1. The highest BCUT2D eigenvalue weighted by atomic mass is 32.2. The monoisotopic (exact) mass is 513 g/mol. The largest absolute Gasteiger partial charge is 0.493 e. The smallest absolute Gasteiger partial charge is 0.260 e. The minimum atomic E-state index is -0.432. The number of carbonyl (C=O) groups excluding carboxylic acids is 2. The molecule has 1 amide bonds. The average molecular weight is 514 g/mol. The number of benzene rings is 1. The predicted octanol–water partition coefficient (Wildman–Crippen LogP) is 4.30. The summed E-state index contributed by atoms with van der Waals surface area (Å²) in [6, 6.07) is 5.13. The van der Waals surface area contributed by atoms with Crippen molar-refractivity contribution >= 4 is 29.4 Å². The second kappa shape index (κ2) is 10.5. The first-order chi connectivity index (χ1) is 17.2. The van der Waals surface area contributed by atoms with Crippen LogP contribution in [0.3, 0.4) is 0 Å². The quantitative estimate of drug-likeness (QED) is 0.496. The van der Waals surface area contributed by atoms with Crippen molar-refractivity contribution < 1.29 is 19.1 Å². The Balaban J connectivity index is 1.72. The van der Waals surface area contributed by atoms with Gasteiger partial charge in [0.05, 0.1) is 7.11 Å². The van der Waals surface area contributed by atoms with Gasteiger partial charge in [-0.2, -0.15) is 4.98 Å². The number of ether oxygens (including phenoxy) is 2. The molecule has 0 fully saturated rings. The molecule has 1 N–H and O–H groups in total. The third kappa shape index (κ3) is 5.09. The van der Waals surface area contributed by atoms with Crippen LogP contribution in [0.2, 0.25) is 0 Å². The fraction of sp³-hybridized carbons (Fsp3) is 0.538. The van der Waals surface area contributed by atoms with Crippen LogP contribution in [0.1, 0.15) is 59.1 Å². The molecule has 9 nitrogen and oxygen atoms in total. The van der Waals surface area contributed by atoms with Crippen molar-refractivity contribution in [1.82, 2.24) is 19.7 Å². The van der Waals surface area contributed by atoms with E-state index in [2.05, 4.69) is 31.1 Å². The number of Topliss-reactive ketones (excluding diaryl/α,β-unsaturated/α-hetero) is 1. The lowest BCUT2D eigenvalue weighted by Gasteiger charge is -2.38. The number of nitrogens with zero attached hydrogens (tertiary/aromatic N) is 4. The Bertz CT molecular complexity index is 1180. The van der Waals surface area contributed by atoms with Gasteiger partial charge in [-0.15, -0.1) is 5.10 Å². The molecule has 2 heterocycles. The van der Waals surface area contributed by atoms with Crippen molar-refractivity contribution in [3.63, 3.8) is 0 Å². The Morgan fingerprint density at radius 3 is 2.64 bits per heavy atom. The number of allylic oxidation sites excluding steroid dienone is 2. The zero-order chi connectivity index (χ0) is 26.0. The number of methoxy groups -OCH3 is 1. The molecule has 0 saturated carbocycles. The van der Waals surface area contributed by atoms with Gasteiger partial charge in [-0.3, -0.25) is 9.59 Å². The molecule has 2 aromatic rings. The van der Waals surface area contributed by atoms with Gasteiger partial charge in [0.25, 0.3) is 5.91 Å². The Hall–Kier alpha value is -3.01. The lowest BCUT2D eigenvalue weighted by Crippen LogP contribution is -2.36. The van der Waals surface area contributed by atoms with Crippen LogP contribution in [-0.4, -0.2) is 63.9 Å². The fourth-order valence-corrected chi connectivity index (χ4v) is 5.42. The van der Waals surface area contributed by atoms with Crippen LogP contribution in [0, 0.1) is 5.41 Å². The number of rotatable bonds is 9. The van der Waals surface area contributed by atoms with Crippen molar-refractivity contribution in [2.24, 2.45) is 5.41 Å². The molecule has 36 heavy (non-hydrogen) atoms. The Kier molecular flexibility index (Phi) is 7.63. The number of thioether (sulfide) groups is 1. The maximum absolute atomic E-state index is 13.4. The van der Waals surface area contributed by atoms with Gasteiger partial charge in [0, 0.05) is 30.8 Å². The maximum Gasteiger partial charge on any atom is 0.260 e. The topological polar surface area (TPSA) is 98.6 Å². The third-order valence-electron chi connectivity index (χ3n) is 6.56. The number of fused-ring (bicyclic) bond motifs is 1. The number of ketones is 1. The third-order valence-corrected chi connectivity index (χ3v) is 7.28. The van der Waals surface area contributed by atoms with E-state index in [-0.39, 0.29) is 23.7 Å². The second-order valence-electron chi connectivity index (χ2n) is 9.72. The van der Waals surface area contributed by atoms with E-state index < -0.39 is 6.04 Å². The number of hydrogen-bond donors (Lipinski definition) is 1. The number of likely N-dealkylation sites (N-methyl/N-ethyl adjacent to an activating group) is 1. The van der Waals surface area contributed by atoms with Crippen LogP contribution in [0.4, 0.5) is 5.95 Å². The molecular weight excluding hydrogens is 478 g/mol. The van der Waals surface area contributed by atoms with Crippen molar-refractivity contribution in [2.75, 3.05) is 37.9 Å². The molecule has 1 aromatic heterocycles. The number of hydrogen-bond acceptors (Lipinski definition) is 8. The Morgan fingerprint density at radius 1 is 1.22 bits per heavy atom. The zero-order valence-corrected chi connectivity index (χ0v) is 22.7. The standard InChI is InChI=1S/C26H35N5O4S/c1-7-30(8-2)21(33)15-35-19-11-10-16(12-20(19)34-6)23-22-17(13-26(4,5)14-18(22)32)27-24-28-25(36-9-3)29-31(23)24/h10-12,23H,7-9,13-15H2,1-6H3,(H,27,28,29). The first-order valence-corrected chi connectivity index (χ1v) is 13.4. The van der Waals surface area contributed by atoms with E-state index in [1.54, 1.807) is 34.5 Å². The van der Waals surface area contributed by atoms with Crippen molar-refractivity contribution in [2.45, 2.75) is 58.7 Å². The van der Waals surface area contributed by atoms with E-state index in [9.17, 15) is 9.59 Å². The van der Waals surface area contributed by atoms with Crippen LogP contribution in [0.15, 0.2) is 34.6 Å². The lowest BCUT2D eigenvalue weighted by molar-refractivity contribution is -0.133. The summed E-state index contributed by atoms with van der Waals surface area (Å²) in [5, 5.41) is 8.79. The van der Waals surface area contributed by atoms with Crippen molar-refractivity contribution in [3.8, 4) is 11.5 Å². The van der Waals surface area contributed by atoms with Gasteiger partial charge in [-0.05, 0) is 49.1 Å². The predicted molar refractivity (Wildman–Crippen MR) is 140 cm³/mol. The van der Waals surface area contributed by atoms with Gasteiger partial charge >= 0.3 is 0 Å². The molecule has 1 aliphatic heterocycles. The SMILES string of the molecule is CCSc1nc2n(n1)C(c1ccc(OCC(=O)N(CC)CC)c(OC)c1)C1=C(CC(C)(C)CC1=O)N2. The van der Waals surface area contributed by atoms with E-state index in [0.717, 1.165) is 23.4 Å². The lowest BCUT2D eigenvalue weighted by atomic mass is 9.73. The van der Waals surface area contributed by atoms with Crippen molar-refractivity contribution in [3.05, 3.63) is 35.0 Å². The van der Waals surface area contributed by atoms with E-state index in [4.69, 9.17) is 14.6 Å². The summed E-state index contributed by atoms with van der Waals surface area (Å²) in [6.45, 7) is 11.3. The molecule has 1 unspecified atom stereocenters. The van der Waals surface area contributed by atoms with Crippen LogP contribution in [0.25, 0.3) is 0 Å². The summed E-state index contributed by atoms with van der Waals surface area (Å²) in [6.07, 6.45) is 1.22. The molecule has 10 heteroatoms. The number of amides is 1. The van der Waals surface area contributed by atoms with E-state index in [0.29, 0.717) is 47.7 Å². The molecule has 194 valence electrons. The number of aromatic nitrogens is 3. The van der Waals surface area contributed by atoms with Crippen LogP contribution in [0.5, 0.6) is 11.5 Å². The normalized spacial score (nSPS) is 18.3. The van der Waals surface area contributed by atoms with Gasteiger partial charge in [0.2, 0.25) is 11.1 Å². The second-order valence-corrected chi connectivity index (χ2v) is 11.0. The number of anilines is 1. The molecule has 0 bridgehead atoms. The van der Waals surface area contributed by atoms with Gasteiger partial charge in [-0.25, -0.2) is 4.68 Å². The zero-order valence-electron chi connectivity index (χ0n) is 21.9. The van der Waals surface area contributed by atoms with Crippen molar-refractivity contribution in [1.29, 1.82) is 0 Å². The summed E-state index contributed by atoms with van der Waals surface area (Å²) in [5.74, 6) is 2.47. The average Bonchev–Trinajstić information content (AvgIpc) is 3.23. The fourth-order valence-electron chi connectivity index (χ4n) is 4.87. The molecule has 0 radical (unpaired) electrons. The highest BCUT2D eigenvalue weighted by molar-refractivity contribution is 7.99. The van der Waals surface area contributed by atoms with Gasteiger partial charge in [-0.1, -0.05) is 38.6 Å². The molecule has 1 atom stereocenters. The first kappa shape index (κ1) is 26.1. The van der Waals surface area contributed by atoms with Gasteiger partial charge in [0.15, 0.2) is 23.9 Å². The van der Waals surface area contributed by atoms with Gasteiger partial charge < -0.3 is 19.7 Å². The Labute approximate surface area is 216 Å². The maximum atomic E-state index is 13.4. The molecule has 4 rings (SSSR count). The molecular formula is C26H35N5O4S. The van der Waals surface area contributed by atoms with E-state index in [1.807, 2.05) is 26.0 Å². The summed E-state index contributed by atoms with van der Waals surface area (Å²) in [5.41, 5.74) is 2.32. The first-order valence-electron chi connectivity index (χ1n) is 12.4. The molecule has 1 aromatic carbocycles. The van der Waals surface area contributed by atoms with Gasteiger partial charge in [0.1, 0.15) is 6.04 Å². The summed E-state index contributed by atoms with van der Waals surface area (Å²) in [7, 11) is 1.57. The summed E-state index contributed by atoms with van der Waals surface area (Å²) in [4.78, 5) is 32.2. The molecule has 1 aliphatic carbocycles. The number of carbonyl (C=O) groups is 2. The van der Waals surface area contributed by atoms with Crippen LogP contribution in [-0.2, 0) is 9.59 Å². The van der Waals surface area contributed by atoms with Crippen LogP contribution < -0.4 is 14.8 Å². The van der Waals surface area contributed by atoms with Crippen LogP contribution >= 0.6 is 11.8 Å². The summed E-state index contributed by atoms with van der Waals surface area (Å²) >= 11 is 1.56. The molecule has 0 spiro atoms. The highest BCUT2D eigenvalue weighted by Gasteiger charge is 2.42. The summed E-state index contributed by atoms with van der Waals surface area (Å²) < 4.78 is 13.3. The molecule has 0 saturated heterocycles. The minimum Gasteiger partial charge on any atom is -0.493 e. The minimum absolute atomic E-state index is 0.0710. The Morgan fingerprint density at radius 2 is 1.97 bits per heavy atom. The van der Waals surface area contributed by atoms with E-state index in [1.165, 1.54) is 0 Å². The van der Waals surface area contributed by atoms with E-state index >= 15 is 0 Å². The molecule has 2 aliphatic rings. The highest BCUT2D eigenvalue weighted by Crippen LogP contribution is 2.46.